The predicted octanol–water partition coefficient (Wildman–Crippen LogP) is 4.47. The van der Waals surface area contributed by atoms with Gasteiger partial charge < -0.3 is 14.2 Å². The summed E-state index contributed by atoms with van der Waals surface area (Å²) in [7, 11) is 2.16. The highest BCUT2D eigenvalue weighted by molar-refractivity contribution is 5.87. The fourth-order valence-corrected chi connectivity index (χ4v) is 3.78. The molecule has 5 rings (SSSR count). The van der Waals surface area contributed by atoms with Gasteiger partial charge in [-0.25, -0.2) is 0 Å². The summed E-state index contributed by atoms with van der Waals surface area (Å²) in [5.74, 6) is 0.557. The third kappa shape index (κ3) is 2.96. The van der Waals surface area contributed by atoms with Gasteiger partial charge in [-0.2, -0.15) is 0 Å². The summed E-state index contributed by atoms with van der Waals surface area (Å²) in [5.41, 5.74) is 4.67. The van der Waals surface area contributed by atoms with Crippen LogP contribution in [-0.4, -0.2) is 35.2 Å². The lowest BCUT2D eigenvalue weighted by atomic mass is 10.1. The van der Waals surface area contributed by atoms with E-state index in [1.54, 1.807) is 0 Å². The van der Waals surface area contributed by atoms with Crippen molar-refractivity contribution in [1.82, 2.24) is 15.1 Å². The molecule has 0 amide bonds. The Morgan fingerprint density at radius 3 is 2.67 bits per heavy atom. The Hall–Kier alpha value is -3.18. The van der Waals surface area contributed by atoms with Crippen molar-refractivity contribution in [1.29, 1.82) is 0 Å². The minimum absolute atomic E-state index is 0.557. The van der Waals surface area contributed by atoms with Gasteiger partial charge in [0.1, 0.15) is 0 Å². The van der Waals surface area contributed by atoms with Crippen molar-refractivity contribution in [2.45, 2.75) is 6.54 Å². The quantitative estimate of drug-likeness (QED) is 0.530. The Kier molecular flexibility index (Phi) is 3.87. The van der Waals surface area contributed by atoms with Crippen LogP contribution in [0.15, 0.2) is 71.5 Å². The molecule has 0 atom stereocenters. The molecule has 0 radical (unpaired) electrons. The van der Waals surface area contributed by atoms with Crippen molar-refractivity contribution in [3.8, 4) is 11.5 Å². The SMILES string of the molecule is CN1CCN(c2ccc3ccccc3c2)c2ccc(-c3nnco3)cc2C1. The molecule has 3 aromatic carbocycles. The summed E-state index contributed by atoms with van der Waals surface area (Å²) in [5, 5.41) is 10.4. The Morgan fingerprint density at radius 1 is 0.926 bits per heavy atom. The number of nitrogens with zero attached hydrogens (tertiary/aromatic N) is 4. The highest BCUT2D eigenvalue weighted by Crippen LogP contribution is 2.35. The summed E-state index contributed by atoms with van der Waals surface area (Å²) in [6, 6.07) is 21.6. The van der Waals surface area contributed by atoms with Gasteiger partial charge in [-0.1, -0.05) is 30.3 Å². The van der Waals surface area contributed by atoms with Gasteiger partial charge in [-0.15, -0.1) is 10.2 Å². The normalized spacial score (nSPS) is 14.9. The average Bonchev–Trinajstić information content (AvgIpc) is 3.18. The first-order valence-corrected chi connectivity index (χ1v) is 9.12. The third-order valence-electron chi connectivity index (χ3n) is 5.17. The van der Waals surface area contributed by atoms with Crippen LogP contribution >= 0.6 is 0 Å². The smallest absolute Gasteiger partial charge is 0.247 e. The first-order chi connectivity index (χ1) is 13.3. The Bertz CT molecular complexity index is 1090. The van der Waals surface area contributed by atoms with E-state index < -0.39 is 0 Å². The van der Waals surface area contributed by atoms with E-state index in [4.69, 9.17) is 4.42 Å². The zero-order valence-electron chi connectivity index (χ0n) is 15.2. The molecule has 1 aliphatic rings. The molecule has 1 aromatic heterocycles. The Morgan fingerprint density at radius 2 is 1.81 bits per heavy atom. The van der Waals surface area contributed by atoms with Crippen molar-refractivity contribution in [2.24, 2.45) is 0 Å². The summed E-state index contributed by atoms with van der Waals surface area (Å²) < 4.78 is 5.38. The van der Waals surface area contributed by atoms with Crippen LogP contribution in [0.2, 0.25) is 0 Å². The molecule has 0 N–H and O–H groups in total. The number of fused-ring (bicyclic) bond motifs is 2. The van der Waals surface area contributed by atoms with E-state index in [1.807, 2.05) is 0 Å². The maximum atomic E-state index is 5.38. The molecule has 2 heterocycles. The molecule has 0 fully saturated rings. The van der Waals surface area contributed by atoms with E-state index in [0.29, 0.717) is 5.89 Å². The lowest BCUT2D eigenvalue weighted by molar-refractivity contribution is 0.343. The molecular formula is C22H20N4O. The Balaban J connectivity index is 1.61. The molecule has 0 saturated carbocycles. The van der Waals surface area contributed by atoms with Crippen LogP contribution in [0.5, 0.6) is 0 Å². The molecule has 0 unspecified atom stereocenters. The lowest BCUT2D eigenvalue weighted by Gasteiger charge is -2.25. The number of hydrogen-bond donors (Lipinski definition) is 0. The zero-order valence-corrected chi connectivity index (χ0v) is 15.2. The van der Waals surface area contributed by atoms with Crippen molar-refractivity contribution in [3.63, 3.8) is 0 Å². The van der Waals surface area contributed by atoms with Gasteiger partial charge in [-0.3, -0.25) is 0 Å². The first-order valence-electron chi connectivity index (χ1n) is 9.12. The molecule has 5 heteroatoms. The van der Waals surface area contributed by atoms with Crippen LogP contribution in [0.3, 0.4) is 0 Å². The second-order valence-corrected chi connectivity index (χ2v) is 7.01. The molecule has 27 heavy (non-hydrogen) atoms. The van der Waals surface area contributed by atoms with Gasteiger partial charge in [0.25, 0.3) is 0 Å². The van der Waals surface area contributed by atoms with E-state index in [9.17, 15) is 0 Å². The molecule has 0 spiro atoms. The van der Waals surface area contributed by atoms with E-state index >= 15 is 0 Å². The third-order valence-corrected chi connectivity index (χ3v) is 5.17. The number of hydrogen-bond acceptors (Lipinski definition) is 5. The van der Waals surface area contributed by atoms with Crippen molar-refractivity contribution in [2.75, 3.05) is 25.0 Å². The number of likely N-dealkylation sites (N-methyl/N-ethyl adjacent to an activating group) is 1. The van der Waals surface area contributed by atoms with Crippen LogP contribution in [0.1, 0.15) is 5.56 Å². The molecule has 4 aromatic rings. The summed E-state index contributed by atoms with van der Waals surface area (Å²) in [6.07, 6.45) is 1.37. The van der Waals surface area contributed by atoms with Crippen LogP contribution in [0.25, 0.3) is 22.2 Å². The van der Waals surface area contributed by atoms with Gasteiger partial charge in [0, 0.05) is 36.6 Å². The monoisotopic (exact) mass is 356 g/mol. The Labute approximate surface area is 157 Å². The maximum absolute atomic E-state index is 5.38. The van der Waals surface area contributed by atoms with Crippen LogP contribution in [0, 0.1) is 0 Å². The van der Waals surface area contributed by atoms with E-state index in [-0.39, 0.29) is 0 Å². The first kappa shape index (κ1) is 16.0. The zero-order chi connectivity index (χ0) is 18.2. The summed E-state index contributed by atoms with van der Waals surface area (Å²) >= 11 is 0. The van der Waals surface area contributed by atoms with Crippen molar-refractivity contribution in [3.05, 3.63) is 72.6 Å². The van der Waals surface area contributed by atoms with Gasteiger partial charge in [-0.05, 0) is 53.7 Å². The van der Waals surface area contributed by atoms with Crippen molar-refractivity contribution < 1.29 is 4.42 Å². The van der Waals surface area contributed by atoms with Crippen LogP contribution < -0.4 is 4.90 Å². The average molecular weight is 356 g/mol. The number of rotatable bonds is 2. The second kappa shape index (κ2) is 6.52. The molecule has 0 saturated heterocycles. The van der Waals surface area contributed by atoms with Gasteiger partial charge in [0.05, 0.1) is 0 Å². The number of anilines is 2. The largest absolute Gasteiger partial charge is 0.423 e. The molecule has 5 nitrogen and oxygen atoms in total. The fourth-order valence-electron chi connectivity index (χ4n) is 3.78. The molecular weight excluding hydrogens is 336 g/mol. The number of benzene rings is 3. The van der Waals surface area contributed by atoms with Crippen LogP contribution in [0.4, 0.5) is 11.4 Å². The predicted molar refractivity (Wildman–Crippen MR) is 107 cm³/mol. The summed E-state index contributed by atoms with van der Waals surface area (Å²) in [4.78, 5) is 4.75. The lowest BCUT2D eigenvalue weighted by Crippen LogP contribution is -2.26. The maximum Gasteiger partial charge on any atom is 0.247 e. The highest BCUT2D eigenvalue weighted by Gasteiger charge is 2.20. The molecule has 134 valence electrons. The van der Waals surface area contributed by atoms with E-state index in [1.165, 1.54) is 34.1 Å². The van der Waals surface area contributed by atoms with Crippen molar-refractivity contribution >= 4 is 22.1 Å². The molecule has 0 aliphatic carbocycles. The minimum Gasteiger partial charge on any atom is -0.423 e. The second-order valence-electron chi connectivity index (χ2n) is 7.01. The topological polar surface area (TPSA) is 45.4 Å². The fraction of sp³-hybridized carbons (Fsp3) is 0.182. The van der Waals surface area contributed by atoms with Crippen LogP contribution in [-0.2, 0) is 6.54 Å². The summed E-state index contributed by atoms with van der Waals surface area (Å²) in [6.45, 7) is 2.83. The van der Waals surface area contributed by atoms with Gasteiger partial charge in [0.2, 0.25) is 12.3 Å². The standard InChI is InChI=1S/C22H20N4O/c1-25-10-11-26(20-8-6-16-4-2-3-5-17(16)13-20)21-9-7-18(12-19(21)14-25)22-24-23-15-27-22/h2-9,12-13,15H,10-11,14H2,1H3. The van der Waals surface area contributed by atoms with Gasteiger partial charge in [0.15, 0.2) is 0 Å². The van der Waals surface area contributed by atoms with E-state index in [0.717, 1.165) is 25.2 Å². The van der Waals surface area contributed by atoms with E-state index in [2.05, 4.69) is 87.7 Å². The number of aromatic nitrogens is 2. The highest BCUT2D eigenvalue weighted by atomic mass is 16.4. The molecule has 1 aliphatic heterocycles. The minimum atomic E-state index is 0.557. The van der Waals surface area contributed by atoms with Gasteiger partial charge >= 0.3 is 0 Å². The molecule has 0 bridgehead atoms.